The van der Waals surface area contributed by atoms with Crippen molar-refractivity contribution in [2.24, 2.45) is 0 Å². The second-order valence-electron chi connectivity index (χ2n) is 8.64. The molecule has 0 saturated heterocycles. The molecule has 0 bridgehead atoms. The maximum absolute atomic E-state index is 10.3. The maximum Gasteiger partial charge on any atom is 0.330 e. The van der Waals surface area contributed by atoms with Gasteiger partial charge in [0.2, 0.25) is 0 Å². The Balaban J connectivity index is 1.67. The van der Waals surface area contributed by atoms with Crippen LogP contribution in [-0.2, 0) is 4.65 Å². The summed E-state index contributed by atoms with van der Waals surface area (Å²) in [5.41, 5.74) is 3.07. The second kappa shape index (κ2) is 5.73. The predicted octanol–water partition coefficient (Wildman–Crippen LogP) is 4.65. The van der Waals surface area contributed by atoms with Crippen LogP contribution in [0.15, 0.2) is 60.7 Å². The monoisotopic (exact) mass is 368 g/mol. The van der Waals surface area contributed by atoms with Crippen LogP contribution in [0.4, 0.5) is 0 Å². The van der Waals surface area contributed by atoms with Gasteiger partial charge in [-0.2, -0.15) is 0 Å². The summed E-state index contributed by atoms with van der Waals surface area (Å²) in [5.74, 6) is 0. The lowest BCUT2D eigenvalue weighted by molar-refractivity contribution is -0.0893. The van der Waals surface area contributed by atoms with Crippen LogP contribution in [0.1, 0.15) is 27.7 Å². The lowest BCUT2D eigenvalue weighted by Crippen LogP contribution is -2.49. The number of para-hydroxylation sites is 2. The van der Waals surface area contributed by atoms with Crippen molar-refractivity contribution in [3.8, 4) is 0 Å². The summed E-state index contributed by atoms with van der Waals surface area (Å²) in [7, 11) is 1.75. The summed E-state index contributed by atoms with van der Waals surface area (Å²) in [6.07, 6.45) is 0. The molecule has 2 aromatic heterocycles. The van der Waals surface area contributed by atoms with Gasteiger partial charge in [-0.15, -0.1) is 0 Å². The average Bonchev–Trinajstić information content (AvgIpc) is 3.17. The number of aliphatic hydroxyl groups is 1. The molecule has 0 atom stereocenters. The first kappa shape index (κ1) is 17.5. The van der Waals surface area contributed by atoms with Crippen LogP contribution in [-0.4, -0.2) is 28.2 Å². The average molecular weight is 368 g/mol. The fourth-order valence-electron chi connectivity index (χ4n) is 3.88. The zero-order chi connectivity index (χ0) is 19.7. The Bertz CT molecular complexity index is 1330. The van der Waals surface area contributed by atoms with Crippen molar-refractivity contribution < 1.29 is 9.76 Å². The van der Waals surface area contributed by atoms with Gasteiger partial charge in [0, 0.05) is 21.5 Å². The Morgan fingerprint density at radius 1 is 0.786 bits per heavy atom. The van der Waals surface area contributed by atoms with Crippen molar-refractivity contribution in [2.75, 3.05) is 0 Å². The molecule has 0 aliphatic carbocycles. The highest BCUT2D eigenvalue weighted by Gasteiger charge is 2.35. The van der Waals surface area contributed by atoms with E-state index in [2.05, 4.69) is 65.1 Å². The third kappa shape index (κ3) is 2.38. The molecule has 0 unspecified atom stereocenters. The van der Waals surface area contributed by atoms with E-state index in [-0.39, 0.29) is 0 Å². The van der Waals surface area contributed by atoms with E-state index in [4.69, 9.17) is 4.65 Å². The molecule has 0 fully saturated rings. The molecule has 0 aliphatic rings. The van der Waals surface area contributed by atoms with Crippen LogP contribution in [0.5, 0.6) is 0 Å². The highest BCUT2D eigenvalue weighted by molar-refractivity contribution is 6.48. The molecule has 4 heteroatoms. The number of aromatic nitrogens is 1. The number of hydrogen-bond acceptors (Lipinski definition) is 2. The molecular formula is C24H23BNO2. The minimum absolute atomic E-state index is 0.687. The lowest BCUT2D eigenvalue weighted by atomic mass is 9.82. The fourth-order valence-corrected chi connectivity index (χ4v) is 3.88. The number of nitrogens with zero attached hydrogens (tertiary/aromatic N) is 1. The van der Waals surface area contributed by atoms with E-state index in [0.29, 0.717) is 0 Å². The van der Waals surface area contributed by atoms with E-state index in [1.165, 1.54) is 38.1 Å². The zero-order valence-electron chi connectivity index (χ0n) is 16.7. The first-order valence-corrected chi connectivity index (χ1v) is 9.68. The van der Waals surface area contributed by atoms with Crippen molar-refractivity contribution >= 4 is 51.0 Å². The van der Waals surface area contributed by atoms with Crippen molar-refractivity contribution in [3.63, 3.8) is 0 Å². The summed E-state index contributed by atoms with van der Waals surface area (Å²) < 4.78 is 8.32. The van der Waals surface area contributed by atoms with Crippen molar-refractivity contribution in [1.82, 2.24) is 4.40 Å². The van der Waals surface area contributed by atoms with Crippen molar-refractivity contribution in [3.05, 3.63) is 60.7 Å². The molecule has 0 aliphatic heterocycles. The molecule has 139 valence electrons. The normalized spacial score (nSPS) is 13.3. The molecule has 5 aromatic rings. The molecule has 1 radical (unpaired) electrons. The molecule has 3 aromatic carbocycles. The van der Waals surface area contributed by atoms with Gasteiger partial charge in [0.05, 0.1) is 27.8 Å². The Morgan fingerprint density at radius 2 is 1.43 bits per heavy atom. The molecule has 5 rings (SSSR count). The number of benzene rings is 3. The largest absolute Gasteiger partial charge is 0.427 e. The topological polar surface area (TPSA) is 33.9 Å². The molecule has 0 saturated carbocycles. The molecule has 28 heavy (non-hydrogen) atoms. The Morgan fingerprint density at radius 3 is 2.18 bits per heavy atom. The number of hydrogen-bond donors (Lipinski definition) is 1. The van der Waals surface area contributed by atoms with Gasteiger partial charge in [0.1, 0.15) is 0 Å². The van der Waals surface area contributed by atoms with Crippen LogP contribution in [0.25, 0.3) is 38.1 Å². The summed E-state index contributed by atoms with van der Waals surface area (Å²) in [6.45, 7) is 7.33. The third-order valence-corrected chi connectivity index (χ3v) is 6.21. The zero-order valence-corrected chi connectivity index (χ0v) is 16.7. The van der Waals surface area contributed by atoms with E-state index in [1.54, 1.807) is 21.3 Å². The molecule has 0 amide bonds. The van der Waals surface area contributed by atoms with Crippen molar-refractivity contribution in [2.45, 2.75) is 38.9 Å². The SMILES string of the molecule is CC(C)(O)C(C)(C)O[B]c1ccc2c(c1)c1cccc3c4ccccc4n2c31. The minimum atomic E-state index is -0.941. The second-order valence-corrected chi connectivity index (χ2v) is 8.64. The molecule has 3 nitrogen and oxygen atoms in total. The van der Waals surface area contributed by atoms with Gasteiger partial charge < -0.3 is 14.2 Å². The summed E-state index contributed by atoms with van der Waals surface area (Å²) in [5, 5.41) is 15.4. The first-order valence-electron chi connectivity index (χ1n) is 9.68. The predicted molar refractivity (Wildman–Crippen MR) is 118 cm³/mol. The van der Waals surface area contributed by atoms with Crippen LogP contribution in [0, 0.1) is 0 Å². The Hall–Kier alpha value is -2.56. The van der Waals surface area contributed by atoms with E-state index in [1.807, 2.05) is 13.8 Å². The van der Waals surface area contributed by atoms with Gasteiger partial charge in [-0.05, 0) is 39.8 Å². The van der Waals surface area contributed by atoms with Gasteiger partial charge >= 0.3 is 7.48 Å². The quantitative estimate of drug-likeness (QED) is 0.469. The first-order chi connectivity index (χ1) is 13.3. The van der Waals surface area contributed by atoms with Crippen LogP contribution < -0.4 is 5.46 Å². The molecule has 2 heterocycles. The van der Waals surface area contributed by atoms with E-state index in [9.17, 15) is 5.11 Å². The lowest BCUT2D eigenvalue weighted by Gasteiger charge is -2.37. The highest BCUT2D eigenvalue weighted by Crippen LogP contribution is 2.38. The third-order valence-electron chi connectivity index (χ3n) is 6.21. The Kier molecular flexibility index (Phi) is 3.59. The Labute approximate surface area is 165 Å². The van der Waals surface area contributed by atoms with Crippen LogP contribution in [0.2, 0.25) is 0 Å². The van der Waals surface area contributed by atoms with Gasteiger partial charge in [0.15, 0.2) is 0 Å². The van der Waals surface area contributed by atoms with E-state index in [0.717, 1.165) is 5.46 Å². The fraction of sp³-hybridized carbons (Fsp3) is 0.250. The smallest absolute Gasteiger partial charge is 0.330 e. The standard InChI is InChI=1S/C24H23BNO2/c1-23(2,27)24(3,4)28-25-15-12-13-21-19(14-15)18-10-7-9-17-16-8-5-6-11-20(16)26(21)22(17)18/h5-14,27H,1-4H3. The minimum Gasteiger partial charge on any atom is -0.427 e. The molecule has 1 N–H and O–H groups in total. The number of rotatable bonds is 4. The summed E-state index contributed by atoms with van der Waals surface area (Å²) in [4.78, 5) is 0. The van der Waals surface area contributed by atoms with Gasteiger partial charge in [-0.1, -0.05) is 54.0 Å². The van der Waals surface area contributed by atoms with E-state index < -0.39 is 11.2 Å². The van der Waals surface area contributed by atoms with Crippen LogP contribution in [0.3, 0.4) is 0 Å². The molecular weight excluding hydrogens is 345 g/mol. The van der Waals surface area contributed by atoms with Gasteiger partial charge in [-0.25, -0.2) is 0 Å². The maximum atomic E-state index is 10.3. The summed E-state index contributed by atoms with van der Waals surface area (Å²) >= 11 is 0. The highest BCUT2D eigenvalue weighted by atomic mass is 16.5. The van der Waals surface area contributed by atoms with Gasteiger partial charge in [-0.3, -0.25) is 0 Å². The molecule has 0 spiro atoms. The van der Waals surface area contributed by atoms with Crippen molar-refractivity contribution in [1.29, 1.82) is 0 Å². The summed E-state index contributed by atoms with van der Waals surface area (Å²) in [6, 6.07) is 21.5. The van der Waals surface area contributed by atoms with Crippen LogP contribution >= 0.6 is 0 Å². The number of fused-ring (bicyclic) bond motifs is 6. The van der Waals surface area contributed by atoms with E-state index >= 15 is 0 Å². The van der Waals surface area contributed by atoms with Gasteiger partial charge in [0.25, 0.3) is 0 Å².